The van der Waals surface area contributed by atoms with E-state index in [2.05, 4.69) is 0 Å². The van der Waals surface area contributed by atoms with Gasteiger partial charge in [-0.05, 0) is 62.4 Å². The van der Waals surface area contributed by atoms with Crippen molar-refractivity contribution in [3.05, 3.63) is 66.0 Å². The molecular weight excluding hydrogens is 497 g/mol. The molecule has 0 aromatic heterocycles. The molecule has 0 spiro atoms. The van der Waals surface area contributed by atoms with Gasteiger partial charge in [-0.15, -0.1) is 0 Å². The number of carboxylic acids is 1. The Kier molecular flexibility index (Phi) is 8.13. The zero-order valence-electron chi connectivity index (χ0n) is 21.4. The molecule has 2 amide bonds. The van der Waals surface area contributed by atoms with E-state index in [1.165, 1.54) is 23.1 Å². The number of amides is 2. The van der Waals surface area contributed by atoms with Gasteiger partial charge >= 0.3 is 5.97 Å². The summed E-state index contributed by atoms with van der Waals surface area (Å²) in [5, 5.41) is 10.2. The summed E-state index contributed by atoms with van der Waals surface area (Å²) in [5.74, 6) is -5.82. The van der Waals surface area contributed by atoms with Crippen LogP contribution in [0, 0.1) is 11.2 Å². The number of carbonyl (C=O) groups excluding carboxylic acids is 2. The number of anilines is 1. The molecule has 1 aliphatic carbocycles. The summed E-state index contributed by atoms with van der Waals surface area (Å²) in [5.41, 5.74) is -0.416. The molecule has 0 bridgehead atoms. The Morgan fingerprint density at radius 3 is 2.34 bits per heavy atom. The summed E-state index contributed by atoms with van der Waals surface area (Å²) in [6.45, 7) is 1.94. The first kappa shape index (κ1) is 27.7. The van der Waals surface area contributed by atoms with E-state index in [0.29, 0.717) is 17.7 Å². The number of nitrogens with zero attached hydrogens (tertiary/aromatic N) is 2. The summed E-state index contributed by atoms with van der Waals surface area (Å²) < 4.78 is 42.2. The van der Waals surface area contributed by atoms with Gasteiger partial charge in [-0.2, -0.15) is 0 Å². The number of carboxylic acid groups (broad SMARTS) is 1. The third kappa shape index (κ3) is 6.03. The van der Waals surface area contributed by atoms with Crippen LogP contribution in [-0.4, -0.2) is 52.8 Å². The van der Waals surface area contributed by atoms with Crippen LogP contribution in [0.3, 0.4) is 0 Å². The lowest BCUT2D eigenvalue weighted by molar-refractivity contribution is -0.157. The lowest BCUT2D eigenvalue weighted by Crippen LogP contribution is -2.52. The van der Waals surface area contributed by atoms with Crippen molar-refractivity contribution in [1.29, 1.82) is 0 Å². The van der Waals surface area contributed by atoms with Crippen LogP contribution in [0.15, 0.2) is 54.6 Å². The summed E-state index contributed by atoms with van der Waals surface area (Å²) in [7, 11) is 0. The number of likely N-dealkylation sites (tertiary alicyclic amines) is 1. The molecule has 6 nitrogen and oxygen atoms in total. The van der Waals surface area contributed by atoms with E-state index >= 15 is 0 Å². The first-order valence-electron chi connectivity index (χ1n) is 13.0. The maximum Gasteiger partial charge on any atom is 0.310 e. The summed E-state index contributed by atoms with van der Waals surface area (Å²) in [6.07, 6.45) is -0.236. The molecule has 38 heavy (non-hydrogen) atoms. The summed E-state index contributed by atoms with van der Waals surface area (Å²) >= 11 is 0. The maximum atomic E-state index is 14.3. The number of benzene rings is 2. The molecule has 1 saturated heterocycles. The Labute approximate surface area is 220 Å². The zero-order chi connectivity index (χ0) is 27.5. The molecule has 2 aliphatic rings. The van der Waals surface area contributed by atoms with Gasteiger partial charge < -0.3 is 14.9 Å². The van der Waals surface area contributed by atoms with Gasteiger partial charge in [-0.25, -0.2) is 13.2 Å². The van der Waals surface area contributed by atoms with Crippen LogP contribution in [0.1, 0.15) is 63.4 Å². The highest BCUT2D eigenvalue weighted by molar-refractivity contribution is 5.97. The lowest BCUT2D eigenvalue weighted by atomic mass is 9.74. The van der Waals surface area contributed by atoms with Crippen molar-refractivity contribution in [2.75, 3.05) is 18.0 Å². The first-order valence-corrected chi connectivity index (χ1v) is 13.0. The lowest BCUT2D eigenvalue weighted by Gasteiger charge is -2.42. The Morgan fingerprint density at radius 1 is 1.05 bits per heavy atom. The predicted molar refractivity (Wildman–Crippen MR) is 136 cm³/mol. The quantitative estimate of drug-likeness (QED) is 0.504. The van der Waals surface area contributed by atoms with Gasteiger partial charge in [0.2, 0.25) is 17.7 Å². The summed E-state index contributed by atoms with van der Waals surface area (Å²) in [4.78, 5) is 42.2. The highest BCUT2D eigenvalue weighted by Crippen LogP contribution is 2.41. The van der Waals surface area contributed by atoms with Gasteiger partial charge in [-0.3, -0.25) is 14.4 Å². The molecule has 2 aromatic carbocycles. The van der Waals surface area contributed by atoms with Crippen LogP contribution in [0.2, 0.25) is 0 Å². The second kappa shape index (κ2) is 11.2. The zero-order valence-corrected chi connectivity index (χ0v) is 21.4. The van der Waals surface area contributed by atoms with E-state index in [9.17, 15) is 32.7 Å². The van der Waals surface area contributed by atoms with E-state index < -0.39 is 47.4 Å². The fourth-order valence-electron chi connectivity index (χ4n) is 5.70. The number of aliphatic carboxylic acids is 1. The van der Waals surface area contributed by atoms with E-state index in [-0.39, 0.29) is 51.1 Å². The van der Waals surface area contributed by atoms with Crippen molar-refractivity contribution in [1.82, 2.24) is 4.90 Å². The van der Waals surface area contributed by atoms with Crippen LogP contribution in [-0.2, 0) is 14.4 Å². The molecule has 4 rings (SSSR count). The Balaban J connectivity index is 1.50. The molecule has 1 heterocycles. The molecule has 2 fully saturated rings. The smallest absolute Gasteiger partial charge is 0.310 e. The van der Waals surface area contributed by atoms with Gasteiger partial charge in [0.05, 0.1) is 11.3 Å². The van der Waals surface area contributed by atoms with E-state index in [1.807, 2.05) is 0 Å². The Hall–Kier alpha value is -3.36. The number of hydrogen-bond acceptors (Lipinski definition) is 3. The van der Waals surface area contributed by atoms with Crippen LogP contribution >= 0.6 is 0 Å². The number of carbonyl (C=O) groups is 3. The SMILES string of the molecule is C[C@@H](C(=O)N1CCC(CC(=O)N(c2ccccc2)C2CCCC(F)(F)C2)(C(=O)O)CC1)c1cccc(F)c1. The molecule has 1 aliphatic heterocycles. The van der Waals surface area contributed by atoms with Crippen molar-refractivity contribution in [2.24, 2.45) is 5.41 Å². The minimum absolute atomic E-state index is 0.0547. The number of halogens is 3. The van der Waals surface area contributed by atoms with Crippen LogP contribution in [0.5, 0.6) is 0 Å². The van der Waals surface area contributed by atoms with Crippen LogP contribution in [0.4, 0.5) is 18.9 Å². The van der Waals surface area contributed by atoms with Crippen molar-refractivity contribution >= 4 is 23.5 Å². The van der Waals surface area contributed by atoms with Gasteiger partial charge in [0.1, 0.15) is 5.82 Å². The number of para-hydroxylation sites is 1. The Morgan fingerprint density at radius 2 is 1.74 bits per heavy atom. The van der Waals surface area contributed by atoms with Crippen LogP contribution < -0.4 is 4.90 Å². The monoisotopic (exact) mass is 530 g/mol. The summed E-state index contributed by atoms with van der Waals surface area (Å²) in [6, 6.07) is 13.6. The van der Waals surface area contributed by atoms with Gasteiger partial charge in [0.25, 0.3) is 0 Å². The number of rotatable bonds is 7. The molecule has 2 atom stereocenters. The molecule has 1 N–H and O–H groups in total. The van der Waals surface area contributed by atoms with E-state index in [0.717, 1.165) is 0 Å². The second-order valence-corrected chi connectivity index (χ2v) is 10.6. The first-order chi connectivity index (χ1) is 18.0. The molecule has 204 valence electrons. The molecule has 1 saturated carbocycles. The Bertz CT molecular complexity index is 1170. The van der Waals surface area contributed by atoms with Crippen LogP contribution in [0.25, 0.3) is 0 Å². The fourth-order valence-corrected chi connectivity index (χ4v) is 5.70. The normalized spacial score (nSPS) is 21.4. The molecule has 0 radical (unpaired) electrons. The van der Waals surface area contributed by atoms with Gasteiger partial charge in [0.15, 0.2) is 0 Å². The maximum absolute atomic E-state index is 14.3. The van der Waals surface area contributed by atoms with E-state index in [1.54, 1.807) is 48.2 Å². The standard InChI is InChI=1S/C29H33F3N2O4/c1-20(21-7-5-8-22(30)17-21)26(36)33-15-13-28(14-16-33,27(37)38)19-25(35)34(23-9-3-2-4-10-23)24-11-6-12-29(31,32)18-24/h2-5,7-10,17,20,24H,6,11-16,18-19H2,1H3,(H,37,38)/t20-,24?/m1/s1. The fraction of sp³-hybridized carbons (Fsp3) is 0.483. The third-order valence-corrected chi connectivity index (χ3v) is 7.98. The second-order valence-electron chi connectivity index (χ2n) is 10.6. The predicted octanol–water partition coefficient (Wildman–Crippen LogP) is 5.62. The number of piperidine rings is 1. The minimum atomic E-state index is -2.88. The minimum Gasteiger partial charge on any atom is -0.481 e. The van der Waals surface area contributed by atoms with Crippen molar-refractivity contribution in [3.8, 4) is 0 Å². The van der Waals surface area contributed by atoms with Crippen molar-refractivity contribution < 1.29 is 32.7 Å². The highest BCUT2D eigenvalue weighted by atomic mass is 19.3. The molecule has 1 unspecified atom stereocenters. The van der Waals surface area contributed by atoms with Gasteiger partial charge in [0, 0.05) is 44.1 Å². The number of alkyl halides is 2. The average molecular weight is 531 g/mol. The topological polar surface area (TPSA) is 77.9 Å². The molecular formula is C29H33F3N2O4. The average Bonchev–Trinajstić information content (AvgIpc) is 2.88. The van der Waals surface area contributed by atoms with Gasteiger partial charge in [-0.1, -0.05) is 30.3 Å². The highest BCUT2D eigenvalue weighted by Gasteiger charge is 2.47. The third-order valence-electron chi connectivity index (χ3n) is 7.98. The molecule has 2 aromatic rings. The number of hydrogen-bond donors (Lipinski definition) is 1. The molecule has 9 heteroatoms. The largest absolute Gasteiger partial charge is 0.481 e. The van der Waals surface area contributed by atoms with E-state index in [4.69, 9.17) is 0 Å². The van der Waals surface area contributed by atoms with Crippen molar-refractivity contribution in [2.45, 2.75) is 69.8 Å². The van der Waals surface area contributed by atoms with Crippen molar-refractivity contribution in [3.63, 3.8) is 0 Å².